The zero-order valence-corrected chi connectivity index (χ0v) is 15.8. The Labute approximate surface area is 151 Å². The van der Waals surface area contributed by atoms with Gasteiger partial charge in [0.2, 0.25) is 5.91 Å². The number of anilines is 1. The molecular formula is C20H23N3O3. The van der Waals surface area contributed by atoms with E-state index in [1.54, 1.807) is 10.7 Å². The normalized spacial score (nSPS) is 11.1. The second-order valence-electron chi connectivity index (χ2n) is 6.62. The summed E-state index contributed by atoms with van der Waals surface area (Å²) in [4.78, 5) is 24.0. The first-order chi connectivity index (χ1) is 12.3. The van der Waals surface area contributed by atoms with Gasteiger partial charge in [0.25, 0.3) is 0 Å². The van der Waals surface area contributed by atoms with Crippen LogP contribution in [0, 0.1) is 27.7 Å². The molecule has 26 heavy (non-hydrogen) atoms. The number of amides is 1. The van der Waals surface area contributed by atoms with Crippen molar-refractivity contribution in [1.29, 1.82) is 0 Å². The Morgan fingerprint density at radius 2 is 1.88 bits per heavy atom. The van der Waals surface area contributed by atoms with Gasteiger partial charge in [-0.15, -0.1) is 0 Å². The number of hydrogen-bond donors (Lipinski definition) is 1. The second kappa shape index (κ2) is 6.78. The van der Waals surface area contributed by atoms with Crippen molar-refractivity contribution in [2.75, 3.05) is 5.32 Å². The zero-order chi connectivity index (χ0) is 19.0. The smallest absolute Gasteiger partial charge is 0.336 e. The van der Waals surface area contributed by atoms with Crippen molar-refractivity contribution in [3.63, 3.8) is 0 Å². The van der Waals surface area contributed by atoms with E-state index in [1.807, 2.05) is 33.8 Å². The lowest BCUT2D eigenvalue weighted by atomic mass is 10.1. The number of aryl methyl sites for hydroxylation is 3. The lowest BCUT2D eigenvalue weighted by molar-refractivity contribution is -0.116. The van der Waals surface area contributed by atoms with E-state index in [2.05, 4.69) is 17.3 Å². The molecule has 0 saturated heterocycles. The molecule has 136 valence electrons. The summed E-state index contributed by atoms with van der Waals surface area (Å²) < 4.78 is 6.98. The second-order valence-corrected chi connectivity index (χ2v) is 6.62. The summed E-state index contributed by atoms with van der Waals surface area (Å²) in [6.07, 6.45) is 0.896. The van der Waals surface area contributed by atoms with Crippen LogP contribution in [-0.4, -0.2) is 15.7 Å². The maximum Gasteiger partial charge on any atom is 0.336 e. The third-order valence-electron chi connectivity index (χ3n) is 4.75. The van der Waals surface area contributed by atoms with Crippen LogP contribution in [0.2, 0.25) is 0 Å². The van der Waals surface area contributed by atoms with Crippen LogP contribution in [0.4, 0.5) is 5.69 Å². The van der Waals surface area contributed by atoms with Gasteiger partial charge >= 0.3 is 5.63 Å². The topological polar surface area (TPSA) is 77.1 Å². The Bertz CT molecular complexity index is 1060. The van der Waals surface area contributed by atoms with Crippen LogP contribution in [0.5, 0.6) is 0 Å². The van der Waals surface area contributed by atoms with Crippen LogP contribution in [-0.2, 0) is 17.8 Å². The minimum absolute atomic E-state index is 0.143. The summed E-state index contributed by atoms with van der Waals surface area (Å²) in [6.45, 7) is 9.91. The molecule has 3 rings (SSSR count). The molecule has 6 heteroatoms. The number of carbonyl (C=O) groups excluding carboxylic acids is 1. The summed E-state index contributed by atoms with van der Waals surface area (Å²) in [5.74, 6) is -0.143. The van der Waals surface area contributed by atoms with E-state index in [9.17, 15) is 9.59 Å². The molecule has 0 aliphatic carbocycles. The number of benzene rings is 1. The highest BCUT2D eigenvalue weighted by molar-refractivity contribution is 5.95. The standard InChI is InChI=1S/C20H23N3O3/c1-6-15-13(4)22-23(14(15)5)10-19(24)21-17-9-16-11(2)8-20(25)26-18(16)7-12(17)3/h7-9H,6,10H2,1-5H3,(H,21,24). The molecule has 0 aliphatic rings. The summed E-state index contributed by atoms with van der Waals surface area (Å²) in [5, 5.41) is 8.22. The summed E-state index contributed by atoms with van der Waals surface area (Å²) in [5.41, 5.74) is 5.68. The fourth-order valence-electron chi connectivity index (χ4n) is 3.33. The van der Waals surface area contributed by atoms with Gasteiger partial charge in [-0.25, -0.2) is 4.79 Å². The average molecular weight is 353 g/mol. The summed E-state index contributed by atoms with van der Waals surface area (Å²) in [7, 11) is 0. The number of nitrogens with zero attached hydrogens (tertiary/aromatic N) is 2. The van der Waals surface area contributed by atoms with Crippen molar-refractivity contribution in [2.45, 2.75) is 47.6 Å². The molecule has 0 aliphatic heterocycles. The van der Waals surface area contributed by atoms with Crippen molar-refractivity contribution in [1.82, 2.24) is 9.78 Å². The minimum atomic E-state index is -0.373. The molecule has 1 N–H and O–H groups in total. The van der Waals surface area contributed by atoms with Crippen LogP contribution in [0.25, 0.3) is 11.0 Å². The fraction of sp³-hybridized carbons (Fsp3) is 0.350. The minimum Gasteiger partial charge on any atom is -0.423 e. The molecule has 1 amide bonds. The molecule has 0 bridgehead atoms. The van der Waals surface area contributed by atoms with E-state index in [0.29, 0.717) is 11.3 Å². The number of nitrogens with one attached hydrogen (secondary N) is 1. The van der Waals surface area contributed by atoms with Crippen molar-refractivity contribution in [3.8, 4) is 0 Å². The van der Waals surface area contributed by atoms with Crippen LogP contribution in [0.3, 0.4) is 0 Å². The Morgan fingerprint density at radius 3 is 2.54 bits per heavy atom. The summed E-state index contributed by atoms with van der Waals surface area (Å²) in [6, 6.07) is 5.07. The van der Waals surface area contributed by atoms with Gasteiger partial charge in [0.05, 0.1) is 5.69 Å². The maximum atomic E-state index is 12.5. The molecule has 0 spiro atoms. The van der Waals surface area contributed by atoms with Gasteiger partial charge < -0.3 is 9.73 Å². The van der Waals surface area contributed by atoms with Crippen LogP contribution < -0.4 is 10.9 Å². The van der Waals surface area contributed by atoms with Gasteiger partial charge in [-0.2, -0.15) is 5.10 Å². The van der Waals surface area contributed by atoms with Gasteiger partial charge in [-0.1, -0.05) is 6.92 Å². The first-order valence-corrected chi connectivity index (χ1v) is 8.68. The third kappa shape index (κ3) is 3.27. The van der Waals surface area contributed by atoms with E-state index < -0.39 is 0 Å². The largest absolute Gasteiger partial charge is 0.423 e. The predicted molar refractivity (Wildman–Crippen MR) is 102 cm³/mol. The zero-order valence-electron chi connectivity index (χ0n) is 15.8. The first kappa shape index (κ1) is 17.9. The van der Waals surface area contributed by atoms with Crippen molar-refractivity contribution < 1.29 is 9.21 Å². The van der Waals surface area contributed by atoms with Gasteiger partial charge in [-0.05, 0) is 62.9 Å². The van der Waals surface area contributed by atoms with E-state index in [-0.39, 0.29) is 18.1 Å². The lowest BCUT2D eigenvalue weighted by Gasteiger charge is -2.11. The van der Waals surface area contributed by atoms with E-state index in [4.69, 9.17) is 4.42 Å². The number of rotatable bonds is 4. The van der Waals surface area contributed by atoms with E-state index >= 15 is 0 Å². The number of carbonyl (C=O) groups is 1. The van der Waals surface area contributed by atoms with Crippen LogP contribution in [0.1, 0.15) is 35.0 Å². The maximum absolute atomic E-state index is 12.5. The Kier molecular flexibility index (Phi) is 4.68. The predicted octanol–water partition coefficient (Wildman–Crippen LogP) is 3.42. The molecular weight excluding hydrogens is 330 g/mol. The molecule has 0 radical (unpaired) electrons. The van der Waals surface area contributed by atoms with Gasteiger partial charge in [0.15, 0.2) is 0 Å². The fourth-order valence-corrected chi connectivity index (χ4v) is 3.33. The molecule has 0 fully saturated rings. The number of fused-ring (bicyclic) bond motifs is 1. The summed E-state index contributed by atoms with van der Waals surface area (Å²) >= 11 is 0. The molecule has 0 saturated carbocycles. The van der Waals surface area contributed by atoms with Gasteiger partial charge in [0, 0.05) is 22.8 Å². The van der Waals surface area contributed by atoms with Crippen molar-refractivity contribution in [3.05, 3.63) is 56.7 Å². The Hall–Kier alpha value is -2.89. The lowest BCUT2D eigenvalue weighted by Crippen LogP contribution is -2.21. The monoisotopic (exact) mass is 353 g/mol. The van der Waals surface area contributed by atoms with Crippen LogP contribution >= 0.6 is 0 Å². The highest BCUT2D eigenvalue weighted by Gasteiger charge is 2.14. The highest BCUT2D eigenvalue weighted by Crippen LogP contribution is 2.25. The first-order valence-electron chi connectivity index (χ1n) is 8.68. The van der Waals surface area contributed by atoms with Crippen LogP contribution in [0.15, 0.2) is 27.4 Å². The Balaban J connectivity index is 1.88. The van der Waals surface area contributed by atoms with E-state index in [1.165, 1.54) is 11.6 Å². The number of aromatic nitrogens is 2. The molecule has 1 aromatic carbocycles. The van der Waals surface area contributed by atoms with E-state index in [0.717, 1.165) is 34.3 Å². The Morgan fingerprint density at radius 1 is 1.15 bits per heavy atom. The highest BCUT2D eigenvalue weighted by atomic mass is 16.4. The molecule has 0 unspecified atom stereocenters. The number of hydrogen-bond acceptors (Lipinski definition) is 4. The quantitative estimate of drug-likeness (QED) is 0.729. The van der Waals surface area contributed by atoms with Crippen molar-refractivity contribution >= 4 is 22.6 Å². The molecule has 2 heterocycles. The van der Waals surface area contributed by atoms with Gasteiger partial charge in [0.1, 0.15) is 12.1 Å². The van der Waals surface area contributed by atoms with Gasteiger partial charge in [-0.3, -0.25) is 9.48 Å². The molecule has 6 nitrogen and oxygen atoms in total. The third-order valence-corrected chi connectivity index (χ3v) is 4.75. The molecule has 0 atom stereocenters. The molecule has 3 aromatic rings. The SMILES string of the molecule is CCc1c(C)nn(CC(=O)Nc2cc3c(C)cc(=O)oc3cc2C)c1C. The van der Waals surface area contributed by atoms with Crippen molar-refractivity contribution in [2.24, 2.45) is 0 Å². The average Bonchev–Trinajstić information content (AvgIpc) is 2.82. The molecule has 2 aromatic heterocycles.